The van der Waals surface area contributed by atoms with E-state index in [1.807, 2.05) is 48.5 Å². The van der Waals surface area contributed by atoms with E-state index in [0.717, 1.165) is 23.6 Å². The molecule has 0 aliphatic rings. The molecule has 0 spiro atoms. The first-order chi connectivity index (χ1) is 14.8. The van der Waals surface area contributed by atoms with Crippen molar-refractivity contribution in [3.63, 3.8) is 0 Å². The van der Waals surface area contributed by atoms with E-state index in [1.54, 1.807) is 19.4 Å². The molecule has 1 N–H and O–H groups in total. The maximum atomic E-state index is 12.4. The van der Waals surface area contributed by atoms with Crippen LogP contribution in [-0.2, 0) is 13.0 Å². The van der Waals surface area contributed by atoms with Crippen molar-refractivity contribution >= 4 is 17.5 Å². The van der Waals surface area contributed by atoms with Crippen molar-refractivity contribution in [3.8, 4) is 17.1 Å². The lowest BCUT2D eigenvalue weighted by atomic mass is 10.1. The number of carbonyl (C=O) groups excluding carboxylic acids is 1. The molecule has 7 heteroatoms. The zero-order valence-corrected chi connectivity index (χ0v) is 17.4. The summed E-state index contributed by atoms with van der Waals surface area (Å²) in [5.74, 6) is 1.79. The van der Waals surface area contributed by atoms with Crippen LogP contribution in [0, 0.1) is 0 Å². The fraction of sp³-hybridized carbons (Fsp3) is 0.174. The topological polar surface area (TPSA) is 72.8 Å². The van der Waals surface area contributed by atoms with Crippen LogP contribution < -0.4 is 4.74 Å². The zero-order chi connectivity index (χ0) is 20.8. The third-order valence-corrected chi connectivity index (χ3v) is 5.73. The SMILES string of the molecule is COc1ccccc1-c1nnc(SCC(=O)c2ccc[nH]2)n1CCc1ccccc1. The first-order valence-corrected chi connectivity index (χ1v) is 10.6. The van der Waals surface area contributed by atoms with Gasteiger partial charge in [-0.15, -0.1) is 10.2 Å². The summed E-state index contributed by atoms with van der Waals surface area (Å²) in [5.41, 5.74) is 2.71. The van der Waals surface area contributed by atoms with Crippen molar-refractivity contribution in [1.82, 2.24) is 19.7 Å². The van der Waals surface area contributed by atoms with Gasteiger partial charge in [0.15, 0.2) is 16.8 Å². The molecule has 30 heavy (non-hydrogen) atoms. The number of benzene rings is 2. The van der Waals surface area contributed by atoms with Crippen LogP contribution in [0.3, 0.4) is 0 Å². The molecule has 0 aliphatic carbocycles. The molecule has 0 fully saturated rings. The molecule has 0 radical (unpaired) electrons. The molecule has 0 saturated heterocycles. The lowest BCUT2D eigenvalue weighted by Gasteiger charge is -2.12. The molecule has 2 aromatic carbocycles. The van der Waals surface area contributed by atoms with Crippen molar-refractivity contribution < 1.29 is 9.53 Å². The standard InChI is InChI=1S/C23H22N4O2S/c1-29-21-12-6-5-10-18(21)22-25-26-23(30-16-20(28)19-11-7-14-24-19)27(22)15-13-17-8-3-2-4-9-17/h2-12,14,24H,13,15-16H2,1H3. The molecule has 0 saturated carbocycles. The number of ether oxygens (including phenoxy) is 1. The van der Waals surface area contributed by atoms with Gasteiger partial charge in [-0.2, -0.15) is 0 Å². The summed E-state index contributed by atoms with van der Waals surface area (Å²) in [4.78, 5) is 15.4. The van der Waals surface area contributed by atoms with Crippen molar-refractivity contribution in [2.45, 2.75) is 18.1 Å². The fourth-order valence-electron chi connectivity index (χ4n) is 3.22. The first kappa shape index (κ1) is 20.0. The number of aromatic amines is 1. The second kappa shape index (κ2) is 9.45. The number of ketones is 1. The van der Waals surface area contributed by atoms with E-state index in [-0.39, 0.29) is 11.5 Å². The minimum atomic E-state index is 0.0291. The Bertz CT molecular complexity index is 1110. The molecular weight excluding hydrogens is 396 g/mol. The second-order valence-corrected chi connectivity index (χ2v) is 7.63. The molecule has 0 bridgehead atoms. The molecule has 2 aromatic heterocycles. The van der Waals surface area contributed by atoms with Gasteiger partial charge >= 0.3 is 0 Å². The summed E-state index contributed by atoms with van der Waals surface area (Å²) < 4.78 is 7.59. The van der Waals surface area contributed by atoms with Crippen LogP contribution in [0.1, 0.15) is 16.1 Å². The largest absolute Gasteiger partial charge is 0.496 e. The summed E-state index contributed by atoms with van der Waals surface area (Å²) in [6, 6.07) is 21.7. The van der Waals surface area contributed by atoms with E-state index in [4.69, 9.17) is 4.74 Å². The van der Waals surface area contributed by atoms with Gasteiger partial charge in [-0.3, -0.25) is 4.79 Å². The Balaban J connectivity index is 1.62. The maximum Gasteiger partial charge on any atom is 0.191 e. The Hall–Kier alpha value is -3.32. The van der Waals surface area contributed by atoms with E-state index < -0.39 is 0 Å². The minimum Gasteiger partial charge on any atom is -0.496 e. The van der Waals surface area contributed by atoms with Crippen LogP contribution >= 0.6 is 11.8 Å². The highest BCUT2D eigenvalue weighted by Gasteiger charge is 2.19. The predicted octanol–water partition coefficient (Wildman–Crippen LogP) is 4.50. The number of methoxy groups -OCH3 is 1. The second-order valence-electron chi connectivity index (χ2n) is 6.69. The molecule has 6 nitrogen and oxygen atoms in total. The fourth-order valence-corrected chi connectivity index (χ4v) is 4.07. The first-order valence-electron chi connectivity index (χ1n) is 9.66. The number of H-pyrrole nitrogens is 1. The number of Topliss-reactive ketones (excluding diaryl/α,β-unsaturated/α-hetero) is 1. The van der Waals surface area contributed by atoms with Gasteiger partial charge in [-0.25, -0.2) is 0 Å². The number of hydrogen-bond donors (Lipinski definition) is 1. The average molecular weight is 419 g/mol. The molecule has 4 rings (SSSR count). The van der Waals surface area contributed by atoms with Crippen LogP contribution in [0.25, 0.3) is 11.4 Å². The average Bonchev–Trinajstić information content (AvgIpc) is 3.47. The molecule has 152 valence electrons. The van der Waals surface area contributed by atoms with Crippen molar-refractivity contribution in [2.24, 2.45) is 0 Å². The predicted molar refractivity (Wildman–Crippen MR) is 118 cm³/mol. The number of rotatable bonds is 9. The number of carbonyl (C=O) groups is 1. The Morgan fingerprint density at radius 1 is 1.03 bits per heavy atom. The number of aryl methyl sites for hydroxylation is 1. The van der Waals surface area contributed by atoms with Crippen LogP contribution in [-0.4, -0.2) is 38.4 Å². The number of nitrogens with zero attached hydrogens (tertiary/aromatic N) is 3. The summed E-state index contributed by atoms with van der Waals surface area (Å²) in [7, 11) is 1.65. The van der Waals surface area contributed by atoms with E-state index >= 15 is 0 Å². The van der Waals surface area contributed by atoms with Gasteiger partial charge < -0.3 is 14.3 Å². The number of hydrogen-bond acceptors (Lipinski definition) is 5. The zero-order valence-electron chi connectivity index (χ0n) is 16.6. The van der Waals surface area contributed by atoms with Gasteiger partial charge in [-0.05, 0) is 36.2 Å². The highest BCUT2D eigenvalue weighted by atomic mass is 32.2. The molecule has 0 unspecified atom stereocenters. The monoisotopic (exact) mass is 418 g/mol. The number of para-hydroxylation sites is 1. The summed E-state index contributed by atoms with van der Waals surface area (Å²) in [6.45, 7) is 0.698. The Morgan fingerprint density at radius 3 is 2.60 bits per heavy atom. The van der Waals surface area contributed by atoms with E-state index in [0.29, 0.717) is 17.4 Å². The van der Waals surface area contributed by atoms with Gasteiger partial charge in [0.2, 0.25) is 0 Å². The Labute approximate surface area is 179 Å². The number of thioether (sulfide) groups is 1. The summed E-state index contributed by atoms with van der Waals surface area (Å²) in [5, 5.41) is 9.55. The van der Waals surface area contributed by atoms with Crippen molar-refractivity contribution in [1.29, 1.82) is 0 Å². The quantitative estimate of drug-likeness (QED) is 0.320. The molecule has 0 amide bonds. The van der Waals surface area contributed by atoms with E-state index in [9.17, 15) is 4.79 Å². The van der Waals surface area contributed by atoms with Gasteiger partial charge in [-0.1, -0.05) is 54.2 Å². The lowest BCUT2D eigenvalue weighted by molar-refractivity contribution is 0.101. The van der Waals surface area contributed by atoms with E-state index in [1.165, 1.54) is 17.3 Å². The third kappa shape index (κ3) is 4.46. The summed E-state index contributed by atoms with van der Waals surface area (Å²) >= 11 is 1.40. The van der Waals surface area contributed by atoms with Gasteiger partial charge in [0.25, 0.3) is 0 Å². The van der Waals surface area contributed by atoms with Crippen LogP contribution in [0.2, 0.25) is 0 Å². The molecule has 0 atom stereocenters. The number of nitrogens with one attached hydrogen (secondary N) is 1. The van der Waals surface area contributed by atoms with Crippen LogP contribution in [0.5, 0.6) is 5.75 Å². The van der Waals surface area contributed by atoms with Crippen LogP contribution in [0.15, 0.2) is 78.1 Å². The maximum absolute atomic E-state index is 12.4. The highest BCUT2D eigenvalue weighted by molar-refractivity contribution is 7.99. The van der Waals surface area contributed by atoms with Crippen LogP contribution in [0.4, 0.5) is 0 Å². The summed E-state index contributed by atoms with van der Waals surface area (Å²) in [6.07, 6.45) is 2.58. The van der Waals surface area contributed by atoms with Crippen molar-refractivity contribution in [3.05, 3.63) is 84.2 Å². The molecular formula is C23H22N4O2S. The smallest absolute Gasteiger partial charge is 0.191 e. The van der Waals surface area contributed by atoms with E-state index in [2.05, 4.69) is 31.9 Å². The van der Waals surface area contributed by atoms with Gasteiger partial charge in [0.1, 0.15) is 5.75 Å². The molecule has 2 heterocycles. The Kier molecular flexibility index (Phi) is 6.29. The Morgan fingerprint density at radius 2 is 1.83 bits per heavy atom. The van der Waals surface area contributed by atoms with Gasteiger partial charge in [0.05, 0.1) is 24.1 Å². The minimum absolute atomic E-state index is 0.0291. The number of aromatic nitrogens is 4. The molecule has 4 aromatic rings. The molecule has 0 aliphatic heterocycles. The highest BCUT2D eigenvalue weighted by Crippen LogP contribution is 2.31. The van der Waals surface area contributed by atoms with Gasteiger partial charge in [0, 0.05) is 12.7 Å². The normalized spacial score (nSPS) is 10.8. The van der Waals surface area contributed by atoms with Crippen molar-refractivity contribution in [2.75, 3.05) is 12.9 Å². The third-order valence-electron chi connectivity index (χ3n) is 4.76. The lowest BCUT2D eigenvalue weighted by Crippen LogP contribution is -2.08.